The Morgan fingerprint density at radius 3 is 2.70 bits per heavy atom. The van der Waals surface area contributed by atoms with Crippen LogP contribution in [0.5, 0.6) is 5.75 Å². The molecule has 2 aromatic rings. The first kappa shape index (κ1) is 19.2. The van der Waals surface area contributed by atoms with Gasteiger partial charge in [-0.1, -0.05) is 24.3 Å². The van der Waals surface area contributed by atoms with E-state index in [-0.39, 0.29) is 22.9 Å². The molecule has 27 heavy (non-hydrogen) atoms. The lowest BCUT2D eigenvalue weighted by atomic mass is 10.1. The van der Waals surface area contributed by atoms with Crippen molar-refractivity contribution in [2.45, 2.75) is 24.6 Å². The van der Waals surface area contributed by atoms with Crippen molar-refractivity contribution in [1.29, 1.82) is 0 Å². The molecule has 7 heteroatoms. The van der Waals surface area contributed by atoms with Crippen LogP contribution in [-0.2, 0) is 16.0 Å². The number of halogens is 1. The third-order valence-corrected chi connectivity index (χ3v) is 5.48. The molecule has 2 aromatic carbocycles. The first-order valence-electron chi connectivity index (χ1n) is 8.76. The predicted molar refractivity (Wildman–Crippen MR) is 105 cm³/mol. The second-order valence-corrected chi connectivity index (χ2v) is 7.37. The summed E-state index contributed by atoms with van der Waals surface area (Å²) in [6.45, 7) is 2.37. The third-order valence-electron chi connectivity index (χ3n) is 4.17. The molecule has 0 unspecified atom stereocenters. The van der Waals surface area contributed by atoms with Crippen molar-refractivity contribution in [2.75, 3.05) is 17.7 Å². The Balaban J connectivity index is 1.58. The molecule has 0 aromatic heterocycles. The van der Waals surface area contributed by atoms with Gasteiger partial charge in [0.2, 0.25) is 11.8 Å². The number of thioether (sulfide) groups is 1. The molecule has 2 atom stereocenters. The monoisotopic (exact) mass is 388 g/mol. The van der Waals surface area contributed by atoms with Crippen LogP contribution in [0.1, 0.15) is 12.5 Å². The van der Waals surface area contributed by atoms with Crippen LogP contribution < -0.4 is 15.4 Å². The second-order valence-electron chi connectivity index (χ2n) is 6.13. The molecule has 1 fully saturated rings. The number of ether oxygens (including phenoxy) is 1. The Labute approximate surface area is 161 Å². The molecule has 2 N–H and O–H groups in total. The van der Waals surface area contributed by atoms with Crippen molar-refractivity contribution in [3.63, 3.8) is 0 Å². The fourth-order valence-electron chi connectivity index (χ4n) is 2.79. The van der Waals surface area contributed by atoms with Gasteiger partial charge in [-0.05, 0) is 43.2 Å². The Bertz CT molecular complexity index is 813. The average molecular weight is 388 g/mol. The second kappa shape index (κ2) is 8.90. The Morgan fingerprint density at radius 2 is 2.00 bits per heavy atom. The Kier molecular flexibility index (Phi) is 6.34. The highest BCUT2D eigenvalue weighted by molar-refractivity contribution is 8.00. The standard InChI is InChI=1S/C20H21FN2O3S/c1-2-26-17-6-4-3-5-15(17)22-19(24)16-12-27-18(20(25)23-16)11-13-7-9-14(21)10-8-13/h3-10,16,18H,2,11-12H2,1H3,(H,22,24)(H,23,25)/t16-,18+/m1/s1. The maximum atomic E-state index is 13.0. The maximum Gasteiger partial charge on any atom is 0.247 e. The molecule has 0 radical (unpaired) electrons. The summed E-state index contributed by atoms with van der Waals surface area (Å²) in [4.78, 5) is 24.9. The maximum absolute atomic E-state index is 13.0. The fraction of sp³-hybridized carbons (Fsp3) is 0.300. The lowest BCUT2D eigenvalue weighted by Crippen LogP contribution is -2.52. The molecule has 1 aliphatic heterocycles. The lowest BCUT2D eigenvalue weighted by Gasteiger charge is -2.28. The first-order valence-corrected chi connectivity index (χ1v) is 9.81. The van der Waals surface area contributed by atoms with Crippen LogP contribution in [0.2, 0.25) is 0 Å². The van der Waals surface area contributed by atoms with E-state index in [9.17, 15) is 14.0 Å². The normalized spacial score (nSPS) is 19.3. The topological polar surface area (TPSA) is 67.4 Å². The van der Waals surface area contributed by atoms with Gasteiger partial charge in [-0.2, -0.15) is 0 Å². The molecule has 142 valence electrons. The number of hydrogen-bond acceptors (Lipinski definition) is 4. The first-order chi connectivity index (χ1) is 13.1. The fourth-order valence-corrected chi connectivity index (χ4v) is 3.98. The SMILES string of the molecule is CCOc1ccccc1NC(=O)[C@H]1CS[C@@H](Cc2ccc(F)cc2)C(=O)N1. The van der Waals surface area contributed by atoms with E-state index >= 15 is 0 Å². The van der Waals surface area contributed by atoms with Gasteiger partial charge >= 0.3 is 0 Å². The van der Waals surface area contributed by atoms with Crippen molar-refractivity contribution >= 4 is 29.3 Å². The van der Waals surface area contributed by atoms with E-state index in [0.717, 1.165) is 5.56 Å². The van der Waals surface area contributed by atoms with E-state index in [2.05, 4.69) is 10.6 Å². The van der Waals surface area contributed by atoms with Gasteiger partial charge in [0, 0.05) is 5.75 Å². The van der Waals surface area contributed by atoms with Crippen LogP contribution in [-0.4, -0.2) is 35.5 Å². The molecule has 1 aliphatic rings. The summed E-state index contributed by atoms with van der Waals surface area (Å²) >= 11 is 1.43. The van der Waals surface area contributed by atoms with Gasteiger partial charge in [-0.15, -0.1) is 11.8 Å². The number of nitrogens with one attached hydrogen (secondary N) is 2. The van der Waals surface area contributed by atoms with E-state index in [1.54, 1.807) is 24.3 Å². The van der Waals surface area contributed by atoms with Gasteiger partial charge in [0.15, 0.2) is 0 Å². The zero-order chi connectivity index (χ0) is 19.2. The Morgan fingerprint density at radius 1 is 1.26 bits per heavy atom. The minimum Gasteiger partial charge on any atom is -0.492 e. The van der Waals surface area contributed by atoms with Crippen LogP contribution in [0.4, 0.5) is 10.1 Å². The van der Waals surface area contributed by atoms with Gasteiger partial charge in [0.1, 0.15) is 17.6 Å². The predicted octanol–water partition coefficient (Wildman–Crippen LogP) is 3.01. The molecule has 0 saturated carbocycles. The highest BCUT2D eigenvalue weighted by Crippen LogP contribution is 2.26. The van der Waals surface area contributed by atoms with E-state index in [1.165, 1.54) is 23.9 Å². The van der Waals surface area contributed by atoms with Crippen LogP contribution in [0.25, 0.3) is 0 Å². The van der Waals surface area contributed by atoms with Crippen LogP contribution in [0.3, 0.4) is 0 Å². The van der Waals surface area contributed by atoms with Gasteiger partial charge < -0.3 is 15.4 Å². The third kappa shape index (κ3) is 5.01. The molecular weight excluding hydrogens is 367 g/mol. The van der Waals surface area contributed by atoms with Crippen molar-refractivity contribution in [3.8, 4) is 5.75 Å². The quantitative estimate of drug-likeness (QED) is 0.798. The molecule has 3 rings (SSSR count). The number of carbonyl (C=O) groups is 2. The lowest BCUT2D eigenvalue weighted by molar-refractivity contribution is -0.126. The van der Waals surface area contributed by atoms with E-state index in [4.69, 9.17) is 4.74 Å². The highest BCUT2D eigenvalue weighted by atomic mass is 32.2. The number of anilines is 1. The van der Waals surface area contributed by atoms with E-state index in [0.29, 0.717) is 30.2 Å². The molecule has 2 amide bonds. The summed E-state index contributed by atoms with van der Waals surface area (Å²) in [5, 5.41) is 5.31. The molecule has 5 nitrogen and oxygen atoms in total. The summed E-state index contributed by atoms with van der Waals surface area (Å²) in [6.07, 6.45) is 0.498. The van der Waals surface area contributed by atoms with Crippen LogP contribution in [0.15, 0.2) is 48.5 Å². The minimum atomic E-state index is -0.610. The minimum absolute atomic E-state index is 0.186. The molecule has 0 spiro atoms. The van der Waals surface area contributed by atoms with Crippen molar-refractivity contribution in [3.05, 3.63) is 59.9 Å². The molecule has 1 heterocycles. The van der Waals surface area contributed by atoms with Gasteiger partial charge in [-0.25, -0.2) is 4.39 Å². The largest absolute Gasteiger partial charge is 0.492 e. The summed E-state index contributed by atoms with van der Waals surface area (Å²) in [6, 6.07) is 12.7. The number of carbonyl (C=O) groups excluding carboxylic acids is 2. The number of amides is 2. The molecule has 0 bridgehead atoms. The smallest absolute Gasteiger partial charge is 0.247 e. The summed E-state index contributed by atoms with van der Waals surface area (Å²) < 4.78 is 18.5. The van der Waals surface area contributed by atoms with E-state index < -0.39 is 6.04 Å². The zero-order valence-electron chi connectivity index (χ0n) is 14.9. The summed E-state index contributed by atoms with van der Waals surface area (Å²) in [5.41, 5.74) is 1.47. The van der Waals surface area contributed by atoms with Crippen LogP contribution >= 0.6 is 11.8 Å². The number of para-hydroxylation sites is 2. The Hall–Kier alpha value is -2.54. The van der Waals surface area contributed by atoms with Crippen LogP contribution in [0, 0.1) is 5.82 Å². The van der Waals surface area contributed by atoms with Gasteiger partial charge in [0.25, 0.3) is 0 Å². The summed E-state index contributed by atoms with van der Waals surface area (Å²) in [5.74, 6) is 0.304. The molecule has 0 aliphatic carbocycles. The zero-order valence-corrected chi connectivity index (χ0v) is 15.7. The van der Waals surface area contributed by atoms with Crippen molar-refractivity contribution in [2.24, 2.45) is 0 Å². The van der Waals surface area contributed by atoms with Crippen molar-refractivity contribution < 1.29 is 18.7 Å². The van der Waals surface area contributed by atoms with Gasteiger partial charge in [-0.3, -0.25) is 9.59 Å². The number of hydrogen-bond donors (Lipinski definition) is 2. The van der Waals surface area contributed by atoms with Gasteiger partial charge in [0.05, 0.1) is 17.5 Å². The number of rotatable bonds is 6. The molecule has 1 saturated heterocycles. The van der Waals surface area contributed by atoms with E-state index in [1.807, 2.05) is 19.1 Å². The van der Waals surface area contributed by atoms with Crippen molar-refractivity contribution in [1.82, 2.24) is 5.32 Å². The number of benzene rings is 2. The highest BCUT2D eigenvalue weighted by Gasteiger charge is 2.32. The average Bonchev–Trinajstić information content (AvgIpc) is 2.67. The summed E-state index contributed by atoms with van der Waals surface area (Å²) in [7, 11) is 0. The molecular formula is C20H21FN2O3S.